The van der Waals surface area contributed by atoms with Crippen molar-refractivity contribution < 1.29 is 0 Å². The summed E-state index contributed by atoms with van der Waals surface area (Å²) in [6.07, 6.45) is 6.63. The molecule has 0 radical (unpaired) electrons. The van der Waals surface area contributed by atoms with Crippen LogP contribution in [-0.4, -0.2) is 22.4 Å². The molecule has 0 saturated carbocycles. The van der Waals surface area contributed by atoms with Gasteiger partial charge >= 0.3 is 0 Å². The van der Waals surface area contributed by atoms with Crippen molar-refractivity contribution >= 4 is 0 Å². The molecule has 0 saturated heterocycles. The number of nitrogens with zero attached hydrogens (tertiary/aromatic N) is 3. The van der Waals surface area contributed by atoms with Gasteiger partial charge in [-0.3, -0.25) is 4.68 Å². The van der Waals surface area contributed by atoms with Crippen LogP contribution in [0.25, 0.3) is 0 Å². The van der Waals surface area contributed by atoms with Gasteiger partial charge in [0.1, 0.15) is 0 Å². The van der Waals surface area contributed by atoms with Crippen molar-refractivity contribution in [1.82, 2.24) is 15.1 Å². The van der Waals surface area contributed by atoms with Gasteiger partial charge < -0.3 is 5.32 Å². The molecule has 0 bridgehead atoms. The number of aryl methyl sites for hydroxylation is 2. The van der Waals surface area contributed by atoms with Crippen molar-refractivity contribution in [2.75, 3.05) is 6.54 Å². The van der Waals surface area contributed by atoms with Gasteiger partial charge in [0.05, 0.1) is 25.2 Å². The monoisotopic (exact) mass is 220 g/mol. The Morgan fingerprint density at radius 2 is 2.38 bits per heavy atom. The van der Waals surface area contributed by atoms with E-state index in [-0.39, 0.29) is 0 Å². The van der Waals surface area contributed by atoms with Gasteiger partial charge in [0, 0.05) is 12.2 Å². The lowest BCUT2D eigenvalue weighted by atomic mass is 10.2. The zero-order chi connectivity index (χ0) is 11.8. The summed E-state index contributed by atoms with van der Waals surface area (Å²) in [6.45, 7) is 6.04. The Morgan fingerprint density at radius 3 is 3.06 bits per heavy atom. The SMILES string of the molecule is CC(C)NCCCc1cnn(CCC#N)c1. The van der Waals surface area contributed by atoms with Crippen LogP contribution in [0.3, 0.4) is 0 Å². The fraction of sp³-hybridized carbons (Fsp3) is 0.667. The van der Waals surface area contributed by atoms with Crippen molar-refractivity contribution in [3.8, 4) is 6.07 Å². The number of rotatable bonds is 7. The van der Waals surface area contributed by atoms with Crippen LogP contribution in [0, 0.1) is 11.3 Å². The maximum Gasteiger partial charge on any atom is 0.0641 e. The maximum absolute atomic E-state index is 8.46. The number of nitriles is 1. The first-order valence-corrected chi connectivity index (χ1v) is 5.84. The lowest BCUT2D eigenvalue weighted by Crippen LogP contribution is -2.23. The molecule has 1 N–H and O–H groups in total. The van der Waals surface area contributed by atoms with E-state index in [1.54, 1.807) is 0 Å². The molecular formula is C12H20N4. The highest BCUT2D eigenvalue weighted by molar-refractivity contribution is 5.04. The number of hydrogen-bond donors (Lipinski definition) is 1. The Morgan fingerprint density at radius 1 is 1.56 bits per heavy atom. The molecule has 0 aliphatic rings. The zero-order valence-corrected chi connectivity index (χ0v) is 10.1. The molecular weight excluding hydrogens is 200 g/mol. The minimum Gasteiger partial charge on any atom is -0.315 e. The van der Waals surface area contributed by atoms with Crippen LogP contribution in [0.2, 0.25) is 0 Å². The Bertz CT molecular complexity index is 335. The summed E-state index contributed by atoms with van der Waals surface area (Å²) in [5, 5.41) is 16.1. The Kier molecular flexibility index (Phi) is 5.58. The van der Waals surface area contributed by atoms with Crippen LogP contribution in [0.4, 0.5) is 0 Å². The second kappa shape index (κ2) is 7.02. The molecule has 0 fully saturated rings. The third-order valence-electron chi connectivity index (χ3n) is 2.33. The molecule has 0 aliphatic heterocycles. The topological polar surface area (TPSA) is 53.6 Å². The van der Waals surface area contributed by atoms with E-state index in [2.05, 4.69) is 30.3 Å². The Hall–Kier alpha value is -1.34. The van der Waals surface area contributed by atoms with E-state index in [0.717, 1.165) is 19.4 Å². The van der Waals surface area contributed by atoms with Crippen molar-refractivity contribution in [2.24, 2.45) is 0 Å². The zero-order valence-electron chi connectivity index (χ0n) is 10.1. The van der Waals surface area contributed by atoms with Gasteiger partial charge in [0.15, 0.2) is 0 Å². The van der Waals surface area contributed by atoms with Crippen LogP contribution in [0.15, 0.2) is 12.4 Å². The van der Waals surface area contributed by atoms with E-state index in [0.29, 0.717) is 19.0 Å². The van der Waals surface area contributed by atoms with Crippen LogP contribution in [-0.2, 0) is 13.0 Å². The third kappa shape index (κ3) is 4.94. The van der Waals surface area contributed by atoms with Crippen LogP contribution < -0.4 is 5.32 Å². The van der Waals surface area contributed by atoms with Gasteiger partial charge in [-0.2, -0.15) is 10.4 Å². The lowest BCUT2D eigenvalue weighted by molar-refractivity contribution is 0.570. The second-order valence-corrected chi connectivity index (χ2v) is 4.23. The second-order valence-electron chi connectivity index (χ2n) is 4.23. The first-order chi connectivity index (χ1) is 7.72. The van der Waals surface area contributed by atoms with E-state index >= 15 is 0 Å². The average Bonchev–Trinajstić information content (AvgIpc) is 2.69. The first kappa shape index (κ1) is 12.7. The summed E-state index contributed by atoms with van der Waals surface area (Å²) in [6, 6.07) is 2.67. The van der Waals surface area contributed by atoms with Crippen molar-refractivity contribution in [3.05, 3.63) is 18.0 Å². The standard InChI is InChI=1S/C12H20N4/c1-11(2)14-7-3-5-12-9-15-16(10-12)8-4-6-13/h9-11,14H,3-5,7-8H2,1-2H3. The molecule has 16 heavy (non-hydrogen) atoms. The Balaban J connectivity index is 2.22. The highest BCUT2D eigenvalue weighted by Crippen LogP contribution is 2.02. The van der Waals surface area contributed by atoms with E-state index in [1.807, 2.05) is 17.1 Å². The molecule has 4 nitrogen and oxygen atoms in total. The Labute approximate surface area is 97.3 Å². The minimum absolute atomic E-state index is 0.524. The van der Waals surface area contributed by atoms with E-state index in [4.69, 9.17) is 5.26 Å². The van der Waals surface area contributed by atoms with Gasteiger partial charge in [-0.15, -0.1) is 0 Å². The summed E-state index contributed by atoms with van der Waals surface area (Å²) in [7, 11) is 0. The third-order valence-corrected chi connectivity index (χ3v) is 2.33. The molecule has 0 atom stereocenters. The smallest absolute Gasteiger partial charge is 0.0641 e. The summed E-state index contributed by atoms with van der Waals surface area (Å²) in [4.78, 5) is 0. The van der Waals surface area contributed by atoms with E-state index < -0.39 is 0 Å². The molecule has 0 amide bonds. The minimum atomic E-state index is 0.524. The van der Waals surface area contributed by atoms with Gasteiger partial charge in [-0.25, -0.2) is 0 Å². The van der Waals surface area contributed by atoms with Crippen molar-refractivity contribution in [3.63, 3.8) is 0 Å². The fourth-order valence-corrected chi connectivity index (χ4v) is 1.51. The summed E-state index contributed by atoms with van der Waals surface area (Å²) in [5.74, 6) is 0. The average molecular weight is 220 g/mol. The largest absolute Gasteiger partial charge is 0.315 e. The van der Waals surface area contributed by atoms with E-state index in [9.17, 15) is 0 Å². The number of hydrogen-bond acceptors (Lipinski definition) is 3. The number of nitrogens with one attached hydrogen (secondary N) is 1. The predicted molar refractivity (Wildman–Crippen MR) is 63.9 cm³/mol. The predicted octanol–water partition coefficient (Wildman–Crippen LogP) is 1.73. The summed E-state index contributed by atoms with van der Waals surface area (Å²) < 4.78 is 1.84. The highest BCUT2D eigenvalue weighted by Gasteiger charge is 1.99. The lowest BCUT2D eigenvalue weighted by Gasteiger charge is -2.06. The van der Waals surface area contributed by atoms with Gasteiger partial charge in [0.2, 0.25) is 0 Å². The summed E-state index contributed by atoms with van der Waals surface area (Å²) >= 11 is 0. The molecule has 1 heterocycles. The number of aromatic nitrogens is 2. The van der Waals surface area contributed by atoms with Crippen molar-refractivity contribution in [1.29, 1.82) is 5.26 Å². The van der Waals surface area contributed by atoms with Crippen LogP contribution in [0.5, 0.6) is 0 Å². The molecule has 4 heteroatoms. The molecule has 0 unspecified atom stereocenters. The molecule has 88 valence electrons. The molecule has 1 aromatic rings. The first-order valence-electron chi connectivity index (χ1n) is 5.84. The maximum atomic E-state index is 8.46. The van der Waals surface area contributed by atoms with Gasteiger partial charge in [0.25, 0.3) is 0 Å². The van der Waals surface area contributed by atoms with Gasteiger partial charge in [-0.05, 0) is 24.9 Å². The highest BCUT2D eigenvalue weighted by atomic mass is 15.3. The van der Waals surface area contributed by atoms with Crippen LogP contribution in [0.1, 0.15) is 32.3 Å². The van der Waals surface area contributed by atoms with Crippen LogP contribution >= 0.6 is 0 Å². The normalized spacial score (nSPS) is 10.6. The van der Waals surface area contributed by atoms with Gasteiger partial charge in [-0.1, -0.05) is 13.8 Å². The molecule has 1 rings (SSSR count). The van der Waals surface area contributed by atoms with Crippen molar-refractivity contribution in [2.45, 2.75) is 45.7 Å². The molecule has 0 aromatic carbocycles. The molecule has 0 aliphatic carbocycles. The molecule has 1 aromatic heterocycles. The fourth-order valence-electron chi connectivity index (χ4n) is 1.51. The van der Waals surface area contributed by atoms with E-state index in [1.165, 1.54) is 5.56 Å². The quantitative estimate of drug-likeness (QED) is 0.712. The molecule has 0 spiro atoms. The summed E-state index contributed by atoms with van der Waals surface area (Å²) in [5.41, 5.74) is 1.25.